The summed E-state index contributed by atoms with van der Waals surface area (Å²) in [6, 6.07) is 25.3. The third-order valence-corrected chi connectivity index (χ3v) is 4.75. The number of aromatic nitrogens is 2. The van der Waals surface area contributed by atoms with Crippen LogP contribution in [0.25, 0.3) is 11.0 Å². The van der Waals surface area contributed by atoms with Crippen LogP contribution >= 0.6 is 11.6 Å². The number of halogens is 1. The van der Waals surface area contributed by atoms with Crippen molar-refractivity contribution >= 4 is 22.6 Å². The third-order valence-electron chi connectivity index (χ3n) is 4.50. The van der Waals surface area contributed by atoms with Gasteiger partial charge in [0.05, 0.1) is 17.6 Å². The maximum atomic E-state index is 6.11. The standard InChI is InChI=1S/C23H21ClN2O2/c1-17(28-20-7-3-2-4-8-20)23-25-21-9-5-6-10-22(21)26(23)15-16-27-19-13-11-18(24)12-14-19/h2-14,17H,15-16H2,1H3. The Morgan fingerprint density at radius 2 is 1.61 bits per heavy atom. The van der Waals surface area contributed by atoms with Crippen molar-refractivity contribution in [3.63, 3.8) is 0 Å². The van der Waals surface area contributed by atoms with Crippen LogP contribution in [-0.4, -0.2) is 16.2 Å². The summed E-state index contributed by atoms with van der Waals surface area (Å²) in [5.74, 6) is 2.50. The number of benzene rings is 3. The molecule has 3 aromatic carbocycles. The van der Waals surface area contributed by atoms with Crippen molar-refractivity contribution in [1.29, 1.82) is 0 Å². The largest absolute Gasteiger partial charge is 0.492 e. The summed E-state index contributed by atoms with van der Waals surface area (Å²) in [4.78, 5) is 4.81. The Hall–Kier alpha value is -2.98. The fourth-order valence-corrected chi connectivity index (χ4v) is 3.31. The average Bonchev–Trinajstić information content (AvgIpc) is 3.09. The molecule has 0 saturated heterocycles. The van der Waals surface area contributed by atoms with Crippen LogP contribution in [-0.2, 0) is 6.54 Å². The molecule has 4 aromatic rings. The van der Waals surface area contributed by atoms with Gasteiger partial charge in [-0.25, -0.2) is 4.98 Å². The highest BCUT2D eigenvalue weighted by Gasteiger charge is 2.18. The molecule has 5 heteroatoms. The van der Waals surface area contributed by atoms with Crippen LogP contribution in [0.1, 0.15) is 18.9 Å². The molecule has 1 atom stereocenters. The molecule has 0 aliphatic rings. The first kappa shape index (κ1) is 18.4. The van der Waals surface area contributed by atoms with E-state index in [1.54, 1.807) is 0 Å². The molecule has 1 unspecified atom stereocenters. The molecule has 28 heavy (non-hydrogen) atoms. The van der Waals surface area contributed by atoms with Crippen LogP contribution in [0.3, 0.4) is 0 Å². The van der Waals surface area contributed by atoms with Crippen LogP contribution in [0.5, 0.6) is 11.5 Å². The number of fused-ring (bicyclic) bond motifs is 1. The quantitative estimate of drug-likeness (QED) is 0.392. The topological polar surface area (TPSA) is 36.3 Å². The highest BCUT2D eigenvalue weighted by Crippen LogP contribution is 2.25. The molecule has 0 spiro atoms. The monoisotopic (exact) mass is 392 g/mol. The molecule has 1 heterocycles. The van der Waals surface area contributed by atoms with E-state index in [1.807, 2.05) is 79.7 Å². The van der Waals surface area contributed by atoms with E-state index in [-0.39, 0.29) is 6.10 Å². The summed E-state index contributed by atoms with van der Waals surface area (Å²) in [7, 11) is 0. The second-order valence-corrected chi connectivity index (χ2v) is 6.92. The zero-order valence-electron chi connectivity index (χ0n) is 15.6. The second-order valence-electron chi connectivity index (χ2n) is 6.49. The number of hydrogen-bond acceptors (Lipinski definition) is 3. The average molecular weight is 393 g/mol. The summed E-state index contributed by atoms with van der Waals surface area (Å²) in [6.45, 7) is 3.21. The molecule has 0 saturated carbocycles. The van der Waals surface area contributed by atoms with Gasteiger partial charge in [0.1, 0.15) is 18.1 Å². The zero-order valence-corrected chi connectivity index (χ0v) is 16.3. The smallest absolute Gasteiger partial charge is 0.153 e. The number of nitrogens with zero attached hydrogens (tertiary/aromatic N) is 2. The molecule has 0 fully saturated rings. The van der Waals surface area contributed by atoms with Crippen LogP contribution in [0, 0.1) is 0 Å². The predicted octanol–water partition coefficient (Wildman–Crippen LogP) is 5.91. The minimum absolute atomic E-state index is 0.190. The van der Waals surface area contributed by atoms with Crippen molar-refractivity contribution in [3.05, 3.63) is 89.7 Å². The molecule has 142 valence electrons. The van der Waals surface area contributed by atoms with Gasteiger partial charge in [-0.3, -0.25) is 0 Å². The number of rotatable bonds is 7. The van der Waals surface area contributed by atoms with Crippen LogP contribution in [0.15, 0.2) is 78.9 Å². The van der Waals surface area contributed by atoms with Crippen molar-refractivity contribution in [3.8, 4) is 11.5 Å². The summed E-state index contributed by atoms with van der Waals surface area (Å²) < 4.78 is 14.2. The number of para-hydroxylation sites is 3. The van der Waals surface area contributed by atoms with Crippen LogP contribution in [0.4, 0.5) is 0 Å². The van der Waals surface area contributed by atoms with E-state index in [9.17, 15) is 0 Å². The molecular weight excluding hydrogens is 372 g/mol. The molecule has 0 aliphatic carbocycles. The molecule has 4 nitrogen and oxygen atoms in total. The number of hydrogen-bond donors (Lipinski definition) is 0. The Morgan fingerprint density at radius 1 is 0.893 bits per heavy atom. The summed E-state index contributed by atoms with van der Waals surface area (Å²) >= 11 is 5.93. The van der Waals surface area contributed by atoms with Gasteiger partial charge < -0.3 is 14.0 Å². The van der Waals surface area contributed by atoms with Gasteiger partial charge in [-0.2, -0.15) is 0 Å². The maximum Gasteiger partial charge on any atom is 0.153 e. The lowest BCUT2D eigenvalue weighted by Crippen LogP contribution is -2.15. The van der Waals surface area contributed by atoms with E-state index >= 15 is 0 Å². The van der Waals surface area contributed by atoms with Gasteiger partial charge in [-0.1, -0.05) is 41.9 Å². The molecule has 0 aliphatic heterocycles. The van der Waals surface area contributed by atoms with Crippen molar-refractivity contribution in [2.24, 2.45) is 0 Å². The lowest BCUT2D eigenvalue weighted by molar-refractivity contribution is 0.207. The van der Waals surface area contributed by atoms with Crippen LogP contribution < -0.4 is 9.47 Å². The maximum absolute atomic E-state index is 6.11. The van der Waals surface area contributed by atoms with Gasteiger partial charge in [0.25, 0.3) is 0 Å². The van der Waals surface area contributed by atoms with Crippen molar-refractivity contribution < 1.29 is 9.47 Å². The molecular formula is C23H21ClN2O2. The molecule has 0 amide bonds. The van der Waals surface area contributed by atoms with E-state index in [0.717, 1.165) is 28.4 Å². The van der Waals surface area contributed by atoms with Gasteiger partial charge in [0.15, 0.2) is 11.9 Å². The van der Waals surface area contributed by atoms with Gasteiger partial charge >= 0.3 is 0 Å². The van der Waals surface area contributed by atoms with Crippen molar-refractivity contribution in [1.82, 2.24) is 9.55 Å². The van der Waals surface area contributed by atoms with E-state index in [2.05, 4.69) is 10.6 Å². The Labute approximate surface area is 169 Å². The molecule has 0 bridgehead atoms. The first-order valence-corrected chi connectivity index (χ1v) is 9.64. The van der Waals surface area contributed by atoms with E-state index < -0.39 is 0 Å². The molecule has 1 aromatic heterocycles. The van der Waals surface area contributed by atoms with Gasteiger partial charge in [0, 0.05) is 5.02 Å². The Balaban J connectivity index is 1.55. The number of imidazole rings is 1. The highest BCUT2D eigenvalue weighted by molar-refractivity contribution is 6.30. The van der Waals surface area contributed by atoms with Crippen molar-refractivity contribution in [2.75, 3.05) is 6.61 Å². The van der Waals surface area contributed by atoms with Gasteiger partial charge in [-0.15, -0.1) is 0 Å². The Kier molecular flexibility index (Phi) is 5.49. The van der Waals surface area contributed by atoms with Crippen LogP contribution in [0.2, 0.25) is 5.02 Å². The third kappa shape index (κ3) is 4.12. The lowest BCUT2D eigenvalue weighted by atomic mass is 10.3. The summed E-state index contributed by atoms with van der Waals surface area (Å²) in [6.07, 6.45) is -0.190. The Morgan fingerprint density at radius 3 is 2.39 bits per heavy atom. The van der Waals surface area contributed by atoms with Gasteiger partial charge in [0.2, 0.25) is 0 Å². The fourth-order valence-electron chi connectivity index (χ4n) is 3.18. The van der Waals surface area contributed by atoms with E-state index in [1.165, 1.54) is 0 Å². The minimum atomic E-state index is -0.190. The highest BCUT2D eigenvalue weighted by atomic mass is 35.5. The summed E-state index contributed by atoms with van der Waals surface area (Å²) in [5.41, 5.74) is 2.02. The van der Waals surface area contributed by atoms with Crippen molar-refractivity contribution in [2.45, 2.75) is 19.6 Å². The SMILES string of the molecule is CC(Oc1ccccc1)c1nc2ccccc2n1CCOc1ccc(Cl)cc1. The number of ether oxygens (including phenoxy) is 2. The first-order chi connectivity index (χ1) is 13.7. The second kappa shape index (κ2) is 8.36. The molecule has 0 radical (unpaired) electrons. The summed E-state index contributed by atoms with van der Waals surface area (Å²) in [5, 5.41) is 0.696. The lowest BCUT2D eigenvalue weighted by Gasteiger charge is -2.17. The van der Waals surface area contributed by atoms with E-state index in [0.29, 0.717) is 18.2 Å². The molecule has 4 rings (SSSR count). The van der Waals surface area contributed by atoms with E-state index in [4.69, 9.17) is 26.1 Å². The first-order valence-electron chi connectivity index (χ1n) is 9.26. The Bertz CT molecular complexity index is 1050. The normalized spacial score (nSPS) is 12.1. The molecule has 0 N–H and O–H groups in total. The minimum Gasteiger partial charge on any atom is -0.492 e. The van der Waals surface area contributed by atoms with Gasteiger partial charge in [-0.05, 0) is 55.5 Å². The predicted molar refractivity (Wildman–Crippen MR) is 112 cm³/mol. The fraction of sp³-hybridized carbons (Fsp3) is 0.174. The zero-order chi connectivity index (χ0) is 19.3.